The highest BCUT2D eigenvalue weighted by Crippen LogP contribution is 2.56. The smallest absolute Gasteiger partial charge is 0.231 e. The number of aliphatic hydroxyl groups excluding tert-OH is 1. The van der Waals surface area contributed by atoms with Crippen LogP contribution in [0.1, 0.15) is 73.7 Å². The number of methoxy groups -OCH3 is 5. The summed E-state index contributed by atoms with van der Waals surface area (Å²) >= 11 is 6.67. The zero-order valence-corrected chi connectivity index (χ0v) is 32.2. The largest absolute Gasteiger partial charge is 0.507 e. The predicted molar refractivity (Wildman–Crippen MR) is 201 cm³/mol. The first-order chi connectivity index (χ1) is 25.9. The number of ether oxygens (including phenoxy) is 6. The maximum atomic E-state index is 14.6. The third-order valence-corrected chi connectivity index (χ3v) is 10.9. The monoisotopic (exact) mass is 761 g/mol. The number of para-hydroxylation sites is 2. The second-order valence-electron chi connectivity index (χ2n) is 13.5. The summed E-state index contributed by atoms with van der Waals surface area (Å²) in [5, 5.41) is 15.6. The molecule has 3 aromatic carbocycles. The molecule has 0 fully saturated rings. The lowest BCUT2D eigenvalue weighted by atomic mass is 9.69. The summed E-state index contributed by atoms with van der Waals surface area (Å²) in [6.07, 6.45) is 0.188. The van der Waals surface area contributed by atoms with Gasteiger partial charge in [0.2, 0.25) is 23.0 Å². The van der Waals surface area contributed by atoms with Gasteiger partial charge >= 0.3 is 0 Å². The average molecular weight is 762 g/mol. The van der Waals surface area contributed by atoms with E-state index in [0.717, 1.165) is 17.5 Å². The highest BCUT2D eigenvalue weighted by molar-refractivity contribution is 6.35. The van der Waals surface area contributed by atoms with Crippen molar-refractivity contribution in [3.8, 4) is 34.5 Å². The molecule has 2 heterocycles. The molecule has 1 aliphatic heterocycles. The molecule has 14 heteroatoms. The highest BCUT2D eigenvalue weighted by atomic mass is 35.5. The number of carbonyl (C=O) groups excluding carboxylic acids is 3. The lowest BCUT2D eigenvalue weighted by molar-refractivity contribution is -0.122. The molecule has 54 heavy (non-hydrogen) atoms. The average Bonchev–Trinajstić information content (AvgIpc) is 3.75. The second kappa shape index (κ2) is 15.1. The van der Waals surface area contributed by atoms with Crippen molar-refractivity contribution >= 4 is 40.1 Å². The zero-order valence-electron chi connectivity index (χ0n) is 31.4. The Morgan fingerprint density at radius 1 is 1.02 bits per heavy atom. The number of allylic oxidation sites excluding steroid dienone is 1. The van der Waals surface area contributed by atoms with E-state index in [-0.39, 0.29) is 69.4 Å². The molecular weight excluding hydrogens is 718 g/mol. The van der Waals surface area contributed by atoms with Crippen LogP contribution < -0.4 is 33.7 Å². The number of halogens is 1. The molecule has 4 aromatic rings. The fourth-order valence-corrected chi connectivity index (χ4v) is 7.75. The third kappa shape index (κ3) is 6.23. The summed E-state index contributed by atoms with van der Waals surface area (Å²) in [5.41, 5.74) is -0.293. The molecule has 2 aliphatic rings. The van der Waals surface area contributed by atoms with Crippen molar-refractivity contribution in [3.05, 3.63) is 75.8 Å². The minimum absolute atomic E-state index is 0.000271. The number of rotatable bonds is 13. The summed E-state index contributed by atoms with van der Waals surface area (Å²) in [6, 6.07) is 11.7. The summed E-state index contributed by atoms with van der Waals surface area (Å²) < 4.78 is 34.2. The van der Waals surface area contributed by atoms with Crippen molar-refractivity contribution in [1.82, 2.24) is 15.3 Å². The number of carbonyl (C=O) groups is 3. The fraction of sp³-hybridized carbons (Fsp3) is 0.400. The Labute approximate surface area is 317 Å². The molecule has 5 atom stereocenters. The molecule has 0 bridgehead atoms. The van der Waals surface area contributed by atoms with Crippen LogP contribution in [0.25, 0.3) is 11.0 Å². The zero-order chi connectivity index (χ0) is 39.1. The number of benzene rings is 3. The van der Waals surface area contributed by atoms with Gasteiger partial charge in [0.1, 0.15) is 27.9 Å². The van der Waals surface area contributed by atoms with Gasteiger partial charge in [0, 0.05) is 36.3 Å². The van der Waals surface area contributed by atoms with E-state index in [0.29, 0.717) is 11.4 Å². The van der Waals surface area contributed by atoms with Crippen molar-refractivity contribution in [2.24, 2.45) is 11.8 Å². The van der Waals surface area contributed by atoms with E-state index in [2.05, 4.69) is 10.3 Å². The summed E-state index contributed by atoms with van der Waals surface area (Å²) in [5.74, 6) is -2.59. The molecule has 286 valence electrons. The van der Waals surface area contributed by atoms with Crippen molar-refractivity contribution in [2.75, 3.05) is 35.5 Å². The van der Waals surface area contributed by atoms with E-state index in [1.165, 1.54) is 41.6 Å². The van der Waals surface area contributed by atoms with Gasteiger partial charge in [-0.25, -0.2) is 4.98 Å². The number of ketones is 2. The van der Waals surface area contributed by atoms with E-state index >= 15 is 0 Å². The van der Waals surface area contributed by atoms with Gasteiger partial charge in [0.25, 0.3) is 0 Å². The van der Waals surface area contributed by atoms with E-state index in [1.807, 2.05) is 38.1 Å². The Bertz CT molecular complexity index is 2100. The molecular formula is C40H44ClN3O10. The number of imidazole rings is 1. The van der Waals surface area contributed by atoms with Crippen LogP contribution in [0.4, 0.5) is 0 Å². The summed E-state index contributed by atoms with van der Waals surface area (Å²) in [4.78, 5) is 51.3. The Hall–Kier alpha value is -5.43. The first kappa shape index (κ1) is 38.3. The molecule has 1 aromatic heterocycles. The molecule has 0 saturated carbocycles. The molecule has 0 radical (unpaired) electrons. The Morgan fingerprint density at radius 3 is 2.26 bits per heavy atom. The minimum Gasteiger partial charge on any atom is -0.507 e. The lowest BCUT2D eigenvalue weighted by Gasteiger charge is -2.39. The maximum Gasteiger partial charge on any atom is 0.231 e. The first-order valence-corrected chi connectivity index (χ1v) is 18.0. The minimum atomic E-state index is -2.07. The quantitative estimate of drug-likeness (QED) is 0.127. The fourth-order valence-electron chi connectivity index (χ4n) is 7.48. The van der Waals surface area contributed by atoms with Crippen LogP contribution in [0.3, 0.4) is 0 Å². The number of hydrogen-bond donors (Lipinski definition) is 3. The van der Waals surface area contributed by atoms with E-state index < -0.39 is 46.7 Å². The molecule has 1 spiro atoms. The number of aromatic amines is 1. The molecule has 3 N–H and O–H groups in total. The van der Waals surface area contributed by atoms with Crippen molar-refractivity contribution in [2.45, 2.75) is 57.6 Å². The van der Waals surface area contributed by atoms with Gasteiger partial charge in [-0.05, 0) is 35.7 Å². The van der Waals surface area contributed by atoms with Gasteiger partial charge in [0.15, 0.2) is 28.8 Å². The van der Waals surface area contributed by atoms with E-state index in [4.69, 9.17) is 45.0 Å². The normalized spacial score (nSPS) is 19.6. The second-order valence-corrected chi connectivity index (χ2v) is 13.9. The van der Waals surface area contributed by atoms with Crippen LogP contribution in [0, 0.1) is 11.8 Å². The molecule has 0 saturated heterocycles. The number of hydrogen-bond acceptors (Lipinski definition) is 11. The number of amides is 1. The topological polar surface area (TPSA) is 168 Å². The first-order valence-electron chi connectivity index (χ1n) is 17.6. The van der Waals surface area contributed by atoms with Crippen molar-refractivity contribution in [3.63, 3.8) is 0 Å². The molecule has 6 rings (SSSR count). The molecule has 13 nitrogen and oxygen atoms in total. The van der Waals surface area contributed by atoms with Gasteiger partial charge in [0.05, 0.1) is 52.6 Å². The van der Waals surface area contributed by atoms with Gasteiger partial charge in [-0.3, -0.25) is 14.4 Å². The molecule has 1 amide bonds. The van der Waals surface area contributed by atoms with Crippen molar-refractivity contribution < 1.29 is 47.9 Å². The SMILES string of the molecule is CCC(C)C(NC(=O)CC(C1=C(O)C2(Oc3c(Cl)c(OC)cc(OC)c3C2=O)C(C)CC1=O)c1cc(OC)c(OC)c(OC)c1)c1nc2ccccc2[nH]1. The Kier molecular flexibility index (Phi) is 10.7. The van der Waals surface area contributed by atoms with E-state index in [9.17, 15) is 19.5 Å². The Morgan fingerprint density at radius 2 is 1.67 bits per heavy atom. The number of fused-ring (bicyclic) bond motifs is 2. The van der Waals surface area contributed by atoms with Gasteiger partial charge in [-0.15, -0.1) is 0 Å². The number of Topliss-reactive ketones (excluding diaryl/α,β-unsaturated/α-hetero) is 2. The van der Waals surface area contributed by atoms with Crippen LogP contribution in [0.15, 0.2) is 53.8 Å². The van der Waals surface area contributed by atoms with Gasteiger partial charge in [-0.1, -0.05) is 50.9 Å². The number of aliphatic hydroxyl groups is 1. The van der Waals surface area contributed by atoms with Gasteiger partial charge < -0.3 is 43.8 Å². The Balaban J connectivity index is 1.51. The number of nitrogens with one attached hydrogen (secondary N) is 2. The molecule has 1 aliphatic carbocycles. The number of H-pyrrole nitrogens is 1. The number of aromatic nitrogens is 2. The predicted octanol–water partition coefficient (Wildman–Crippen LogP) is 7.07. The summed E-state index contributed by atoms with van der Waals surface area (Å²) in [7, 11) is 7.13. The third-order valence-electron chi connectivity index (χ3n) is 10.6. The van der Waals surface area contributed by atoms with E-state index in [1.54, 1.807) is 19.1 Å². The van der Waals surface area contributed by atoms with Crippen molar-refractivity contribution in [1.29, 1.82) is 0 Å². The lowest BCUT2D eigenvalue weighted by Crippen LogP contribution is -2.53. The summed E-state index contributed by atoms with van der Waals surface area (Å²) in [6.45, 7) is 5.66. The van der Waals surface area contributed by atoms with Gasteiger partial charge in [-0.2, -0.15) is 0 Å². The van der Waals surface area contributed by atoms with Crippen LogP contribution >= 0.6 is 11.6 Å². The number of nitrogens with zero attached hydrogens (tertiary/aromatic N) is 1. The maximum absolute atomic E-state index is 14.6. The standard InChI is InChI=1S/C40H44ClN3O10/c1-9-19(2)34(39-42-23-12-10-11-13-24(23)43-39)44-30(46)17-22(21-15-28(51-6)35(53-8)29(16-21)52-7)31-25(45)14-20(3)40(37(31)47)38(48)32-26(49-4)18-27(50-5)33(41)36(32)54-40/h10-13,15-16,18-20,22,34,47H,9,14,17H2,1-8H3,(H,42,43)(H,44,46). The van der Waals surface area contributed by atoms with Crippen LogP contribution in [-0.2, 0) is 9.59 Å². The highest BCUT2D eigenvalue weighted by Gasteiger charge is 2.61. The van der Waals surface area contributed by atoms with Crippen LogP contribution in [-0.4, -0.2) is 73.7 Å². The van der Waals surface area contributed by atoms with Crippen LogP contribution in [0.2, 0.25) is 5.02 Å². The molecule has 5 unspecified atom stereocenters. The van der Waals surface area contributed by atoms with Crippen LogP contribution in [0.5, 0.6) is 34.5 Å².